The molecular formula is C28H19BrN2O2. The molecule has 0 amide bonds. The van der Waals surface area contributed by atoms with Gasteiger partial charge in [0.25, 0.3) is 0 Å². The van der Waals surface area contributed by atoms with Crippen LogP contribution < -0.4 is 9.47 Å². The molecule has 160 valence electrons. The molecule has 0 saturated heterocycles. The molecule has 0 aromatic heterocycles. The van der Waals surface area contributed by atoms with E-state index in [1.54, 1.807) is 37.5 Å². The van der Waals surface area contributed by atoms with Crippen molar-refractivity contribution < 1.29 is 9.47 Å². The molecule has 0 aliphatic heterocycles. The molecular weight excluding hydrogens is 476 g/mol. The van der Waals surface area contributed by atoms with Gasteiger partial charge in [0.05, 0.1) is 34.9 Å². The number of benzene rings is 4. The first-order valence-electron chi connectivity index (χ1n) is 10.2. The number of nitriles is 2. The molecule has 0 fully saturated rings. The van der Waals surface area contributed by atoms with Gasteiger partial charge in [-0.1, -0.05) is 54.6 Å². The second kappa shape index (κ2) is 10.0. The predicted octanol–water partition coefficient (Wildman–Crippen LogP) is 7.13. The molecule has 0 spiro atoms. The Balaban J connectivity index is 1.63. The van der Waals surface area contributed by atoms with Crippen LogP contribution >= 0.6 is 15.9 Å². The lowest BCUT2D eigenvalue weighted by Crippen LogP contribution is -2.00. The van der Waals surface area contributed by atoms with Crippen molar-refractivity contribution in [2.24, 2.45) is 0 Å². The maximum atomic E-state index is 9.66. The van der Waals surface area contributed by atoms with E-state index in [1.165, 1.54) is 0 Å². The molecule has 0 aliphatic carbocycles. The molecule has 0 bridgehead atoms. The molecule has 0 radical (unpaired) electrons. The van der Waals surface area contributed by atoms with Crippen LogP contribution in [0.2, 0.25) is 0 Å². The van der Waals surface area contributed by atoms with Crippen molar-refractivity contribution in [2.75, 3.05) is 7.11 Å². The Bertz CT molecular complexity index is 1420. The van der Waals surface area contributed by atoms with Crippen molar-refractivity contribution in [2.45, 2.75) is 6.61 Å². The number of allylic oxidation sites excluding steroid dienone is 1. The van der Waals surface area contributed by atoms with E-state index in [2.05, 4.69) is 52.3 Å². The fraction of sp³-hybridized carbons (Fsp3) is 0.0714. The molecule has 0 atom stereocenters. The second-order valence-corrected chi connectivity index (χ2v) is 8.17. The van der Waals surface area contributed by atoms with Gasteiger partial charge in [-0.3, -0.25) is 0 Å². The predicted molar refractivity (Wildman–Crippen MR) is 134 cm³/mol. The average molecular weight is 495 g/mol. The van der Waals surface area contributed by atoms with E-state index >= 15 is 0 Å². The van der Waals surface area contributed by atoms with Crippen molar-refractivity contribution >= 4 is 38.4 Å². The van der Waals surface area contributed by atoms with Crippen LogP contribution in [0.5, 0.6) is 11.5 Å². The van der Waals surface area contributed by atoms with E-state index in [0.717, 1.165) is 31.9 Å². The standard InChI is InChI=1S/C28H19BrN2O2/c1-32-27-15-20(13-24(17-31)21-11-9-19(16-30)10-12-21)14-26(29)28(27)33-18-23-7-4-6-22-5-2-3-8-25(22)23/h2-15H,18H2,1H3/b24-13-. The fourth-order valence-corrected chi connectivity index (χ4v) is 4.18. The number of halogens is 1. The minimum absolute atomic E-state index is 0.389. The first-order chi connectivity index (χ1) is 16.1. The topological polar surface area (TPSA) is 66.0 Å². The maximum absolute atomic E-state index is 9.66. The highest BCUT2D eigenvalue weighted by molar-refractivity contribution is 9.10. The maximum Gasteiger partial charge on any atom is 0.175 e. The first kappa shape index (κ1) is 22.1. The van der Waals surface area contributed by atoms with E-state index in [1.807, 2.05) is 30.3 Å². The summed E-state index contributed by atoms with van der Waals surface area (Å²) in [7, 11) is 1.59. The molecule has 4 aromatic carbocycles. The Kier molecular flexibility index (Phi) is 6.74. The number of hydrogen-bond donors (Lipinski definition) is 0. The van der Waals surface area contributed by atoms with Crippen LogP contribution in [0.4, 0.5) is 0 Å². The molecule has 0 N–H and O–H groups in total. The molecule has 4 nitrogen and oxygen atoms in total. The van der Waals surface area contributed by atoms with Gasteiger partial charge in [0, 0.05) is 0 Å². The number of ether oxygens (including phenoxy) is 2. The SMILES string of the molecule is COc1cc(/C=C(/C#N)c2ccc(C#N)cc2)cc(Br)c1OCc1cccc2ccccc12. The van der Waals surface area contributed by atoms with Gasteiger partial charge in [-0.05, 0) is 73.7 Å². The third-order valence-electron chi connectivity index (χ3n) is 5.26. The van der Waals surface area contributed by atoms with Gasteiger partial charge in [-0.15, -0.1) is 0 Å². The van der Waals surface area contributed by atoms with E-state index < -0.39 is 0 Å². The number of rotatable bonds is 6. The summed E-state index contributed by atoms with van der Waals surface area (Å²) in [6.45, 7) is 0.389. The lowest BCUT2D eigenvalue weighted by atomic mass is 10.0. The Morgan fingerprint density at radius 2 is 1.73 bits per heavy atom. The van der Waals surface area contributed by atoms with E-state index in [0.29, 0.717) is 29.2 Å². The lowest BCUT2D eigenvalue weighted by molar-refractivity contribution is 0.283. The van der Waals surface area contributed by atoms with Crippen LogP contribution in [0.1, 0.15) is 22.3 Å². The van der Waals surface area contributed by atoms with Gasteiger partial charge in [0.1, 0.15) is 6.61 Å². The third-order valence-corrected chi connectivity index (χ3v) is 5.85. The summed E-state index contributed by atoms with van der Waals surface area (Å²) >= 11 is 3.60. The molecule has 0 unspecified atom stereocenters. The van der Waals surface area contributed by atoms with Crippen LogP contribution in [0.25, 0.3) is 22.4 Å². The minimum Gasteiger partial charge on any atom is -0.493 e. The second-order valence-electron chi connectivity index (χ2n) is 7.32. The van der Waals surface area contributed by atoms with Crippen molar-refractivity contribution in [3.05, 3.63) is 106 Å². The molecule has 5 heteroatoms. The zero-order valence-corrected chi connectivity index (χ0v) is 19.5. The zero-order chi connectivity index (χ0) is 23.2. The van der Waals surface area contributed by atoms with Crippen LogP contribution in [0.3, 0.4) is 0 Å². The van der Waals surface area contributed by atoms with Crippen molar-refractivity contribution in [1.82, 2.24) is 0 Å². The monoisotopic (exact) mass is 494 g/mol. The summed E-state index contributed by atoms with van der Waals surface area (Å²) < 4.78 is 12.5. The fourth-order valence-electron chi connectivity index (χ4n) is 3.60. The van der Waals surface area contributed by atoms with E-state index in [9.17, 15) is 5.26 Å². The third kappa shape index (κ3) is 4.90. The molecule has 4 rings (SSSR count). The number of fused-ring (bicyclic) bond motifs is 1. The van der Waals surface area contributed by atoms with Crippen LogP contribution in [0, 0.1) is 22.7 Å². The summed E-state index contributed by atoms with van der Waals surface area (Å²) in [5, 5.41) is 21.0. The van der Waals surface area contributed by atoms with Gasteiger partial charge >= 0.3 is 0 Å². The summed E-state index contributed by atoms with van der Waals surface area (Å²) in [5.41, 5.74) is 3.64. The molecule has 4 aromatic rings. The molecule has 0 heterocycles. The smallest absolute Gasteiger partial charge is 0.175 e. The largest absolute Gasteiger partial charge is 0.493 e. The average Bonchev–Trinajstić information content (AvgIpc) is 2.86. The summed E-state index contributed by atoms with van der Waals surface area (Å²) in [4.78, 5) is 0. The molecule has 0 aliphatic rings. The van der Waals surface area contributed by atoms with Gasteiger partial charge in [0.2, 0.25) is 0 Å². The Morgan fingerprint density at radius 3 is 2.45 bits per heavy atom. The highest BCUT2D eigenvalue weighted by Gasteiger charge is 2.13. The minimum atomic E-state index is 0.389. The Hall–Kier alpha value is -4.06. The zero-order valence-electron chi connectivity index (χ0n) is 17.9. The van der Waals surface area contributed by atoms with Gasteiger partial charge in [-0.2, -0.15) is 10.5 Å². The number of hydrogen-bond acceptors (Lipinski definition) is 4. The summed E-state index contributed by atoms with van der Waals surface area (Å²) in [6, 6.07) is 29.3. The Morgan fingerprint density at radius 1 is 0.970 bits per heavy atom. The highest BCUT2D eigenvalue weighted by atomic mass is 79.9. The van der Waals surface area contributed by atoms with E-state index in [-0.39, 0.29) is 0 Å². The van der Waals surface area contributed by atoms with Crippen LogP contribution in [-0.4, -0.2) is 7.11 Å². The van der Waals surface area contributed by atoms with E-state index in [4.69, 9.17) is 14.7 Å². The number of nitrogens with zero attached hydrogens (tertiary/aromatic N) is 2. The van der Waals surface area contributed by atoms with Gasteiger partial charge in [-0.25, -0.2) is 0 Å². The van der Waals surface area contributed by atoms with Crippen LogP contribution in [0.15, 0.2) is 83.3 Å². The van der Waals surface area contributed by atoms with Gasteiger partial charge < -0.3 is 9.47 Å². The lowest BCUT2D eigenvalue weighted by Gasteiger charge is -2.15. The number of methoxy groups -OCH3 is 1. The van der Waals surface area contributed by atoms with Crippen molar-refractivity contribution in [3.8, 4) is 23.6 Å². The highest BCUT2D eigenvalue weighted by Crippen LogP contribution is 2.38. The quantitative estimate of drug-likeness (QED) is 0.211. The molecule has 33 heavy (non-hydrogen) atoms. The Labute approximate surface area is 201 Å². The summed E-state index contributed by atoms with van der Waals surface area (Å²) in [6.07, 6.45) is 1.78. The van der Waals surface area contributed by atoms with Crippen LogP contribution in [-0.2, 0) is 6.61 Å². The first-order valence-corrected chi connectivity index (χ1v) is 11.0. The van der Waals surface area contributed by atoms with Gasteiger partial charge in [0.15, 0.2) is 11.5 Å². The van der Waals surface area contributed by atoms with Crippen molar-refractivity contribution in [1.29, 1.82) is 10.5 Å². The van der Waals surface area contributed by atoms with Crippen molar-refractivity contribution in [3.63, 3.8) is 0 Å². The molecule has 0 saturated carbocycles. The normalized spacial score (nSPS) is 11.0. The summed E-state index contributed by atoms with van der Waals surface area (Å²) in [5.74, 6) is 1.16.